The van der Waals surface area contributed by atoms with E-state index in [1.165, 1.54) is 0 Å². The van der Waals surface area contributed by atoms with E-state index < -0.39 is 0 Å². The highest BCUT2D eigenvalue weighted by Gasteiger charge is 2.15. The minimum Gasteiger partial charge on any atom is -0.497 e. The molecule has 0 aliphatic carbocycles. The van der Waals surface area contributed by atoms with E-state index in [9.17, 15) is 4.79 Å². The van der Waals surface area contributed by atoms with E-state index >= 15 is 0 Å². The van der Waals surface area contributed by atoms with Crippen molar-refractivity contribution in [3.8, 4) is 5.75 Å². The number of ether oxygens (including phenoxy) is 2. The quantitative estimate of drug-likeness (QED) is 0.859. The van der Waals surface area contributed by atoms with Gasteiger partial charge in [0, 0.05) is 24.9 Å². The number of benzene rings is 1. The number of carbonyl (C=O) groups excluding carboxylic acids is 1. The van der Waals surface area contributed by atoms with Crippen molar-refractivity contribution in [3.05, 3.63) is 24.3 Å². The van der Waals surface area contributed by atoms with Gasteiger partial charge in [-0.05, 0) is 25.0 Å². The van der Waals surface area contributed by atoms with Crippen LogP contribution in [0.5, 0.6) is 5.75 Å². The van der Waals surface area contributed by atoms with Crippen LogP contribution >= 0.6 is 0 Å². The van der Waals surface area contributed by atoms with Crippen LogP contribution in [0.15, 0.2) is 24.3 Å². The molecule has 1 heterocycles. The highest BCUT2D eigenvalue weighted by atomic mass is 16.5. The molecule has 1 saturated heterocycles. The summed E-state index contributed by atoms with van der Waals surface area (Å²) in [6, 6.07) is 7.02. The van der Waals surface area contributed by atoms with Crippen LogP contribution in [-0.4, -0.2) is 32.4 Å². The summed E-state index contributed by atoms with van der Waals surface area (Å²) in [6.07, 6.45) is 2.24. The van der Waals surface area contributed by atoms with E-state index in [-0.39, 0.29) is 12.1 Å². The summed E-state index contributed by atoms with van der Waals surface area (Å²) < 4.78 is 10.5. The molecular weight excluding hydrogens is 232 g/mol. The molecule has 2 rings (SSSR count). The van der Waals surface area contributed by atoms with Gasteiger partial charge in [-0.25, -0.2) is 4.79 Å². The second-order valence-corrected chi connectivity index (χ2v) is 4.20. The number of hydrogen-bond acceptors (Lipinski definition) is 3. The Morgan fingerprint density at radius 1 is 1.56 bits per heavy atom. The number of urea groups is 1. The predicted octanol–water partition coefficient (Wildman–Crippen LogP) is 2.00. The Kier molecular flexibility index (Phi) is 4.41. The van der Waals surface area contributed by atoms with Crippen molar-refractivity contribution in [2.75, 3.05) is 25.6 Å². The molecule has 98 valence electrons. The zero-order valence-corrected chi connectivity index (χ0v) is 10.4. The van der Waals surface area contributed by atoms with Crippen molar-refractivity contribution >= 4 is 11.7 Å². The average molecular weight is 250 g/mol. The SMILES string of the molecule is COc1cccc(NC(=O)NC[C@H]2CCCO2)c1. The van der Waals surface area contributed by atoms with Gasteiger partial charge in [-0.2, -0.15) is 0 Å². The largest absolute Gasteiger partial charge is 0.497 e. The molecule has 1 aromatic carbocycles. The number of methoxy groups -OCH3 is 1. The van der Waals surface area contributed by atoms with E-state index in [1.807, 2.05) is 18.2 Å². The molecule has 1 aliphatic heterocycles. The summed E-state index contributed by atoms with van der Waals surface area (Å²) in [6.45, 7) is 1.35. The van der Waals surface area contributed by atoms with E-state index in [4.69, 9.17) is 9.47 Å². The van der Waals surface area contributed by atoms with E-state index in [2.05, 4.69) is 10.6 Å². The molecular formula is C13H18N2O3. The highest BCUT2D eigenvalue weighted by Crippen LogP contribution is 2.16. The molecule has 5 heteroatoms. The topological polar surface area (TPSA) is 59.6 Å². The highest BCUT2D eigenvalue weighted by molar-refractivity contribution is 5.89. The van der Waals surface area contributed by atoms with Crippen molar-refractivity contribution in [3.63, 3.8) is 0 Å². The second kappa shape index (κ2) is 6.26. The molecule has 18 heavy (non-hydrogen) atoms. The van der Waals surface area contributed by atoms with Crippen LogP contribution in [0.2, 0.25) is 0 Å². The Balaban J connectivity index is 1.78. The number of rotatable bonds is 4. The van der Waals surface area contributed by atoms with Gasteiger partial charge >= 0.3 is 6.03 Å². The average Bonchev–Trinajstić information content (AvgIpc) is 2.90. The number of nitrogens with one attached hydrogen (secondary N) is 2. The lowest BCUT2D eigenvalue weighted by molar-refractivity contribution is 0.112. The molecule has 1 atom stereocenters. The molecule has 1 fully saturated rings. The summed E-state index contributed by atoms with van der Waals surface area (Å²) in [4.78, 5) is 11.7. The van der Waals surface area contributed by atoms with Gasteiger partial charge < -0.3 is 20.1 Å². The molecule has 0 spiro atoms. The Morgan fingerprint density at radius 3 is 3.17 bits per heavy atom. The molecule has 0 bridgehead atoms. The summed E-state index contributed by atoms with van der Waals surface area (Å²) in [7, 11) is 1.59. The van der Waals surface area contributed by atoms with Gasteiger partial charge in [0.2, 0.25) is 0 Å². The van der Waals surface area contributed by atoms with Gasteiger partial charge in [0.15, 0.2) is 0 Å². The molecule has 0 radical (unpaired) electrons. The van der Waals surface area contributed by atoms with Gasteiger partial charge in [0.25, 0.3) is 0 Å². The number of amides is 2. The maximum atomic E-state index is 11.7. The van der Waals surface area contributed by atoms with Crippen molar-refractivity contribution in [1.82, 2.24) is 5.32 Å². The van der Waals surface area contributed by atoms with Crippen LogP contribution < -0.4 is 15.4 Å². The fourth-order valence-corrected chi connectivity index (χ4v) is 1.89. The Labute approximate surface area is 106 Å². The van der Waals surface area contributed by atoms with Gasteiger partial charge in [-0.15, -0.1) is 0 Å². The van der Waals surface area contributed by atoms with Gasteiger partial charge in [0.05, 0.1) is 13.2 Å². The summed E-state index contributed by atoms with van der Waals surface area (Å²) in [5.41, 5.74) is 0.708. The molecule has 5 nitrogen and oxygen atoms in total. The zero-order valence-electron chi connectivity index (χ0n) is 10.4. The molecule has 1 aromatic rings. The first-order valence-corrected chi connectivity index (χ1v) is 6.08. The first-order valence-electron chi connectivity index (χ1n) is 6.08. The Bertz CT molecular complexity index is 403. The van der Waals surface area contributed by atoms with Crippen LogP contribution in [0, 0.1) is 0 Å². The van der Waals surface area contributed by atoms with Gasteiger partial charge in [-0.1, -0.05) is 6.07 Å². The minimum absolute atomic E-state index is 0.154. The van der Waals surface area contributed by atoms with Gasteiger partial charge in [-0.3, -0.25) is 0 Å². The van der Waals surface area contributed by atoms with Crippen LogP contribution in [0.3, 0.4) is 0 Å². The first-order chi connectivity index (χ1) is 8.78. The van der Waals surface area contributed by atoms with E-state index in [1.54, 1.807) is 13.2 Å². The van der Waals surface area contributed by atoms with Crippen LogP contribution in [0.4, 0.5) is 10.5 Å². The summed E-state index contributed by atoms with van der Waals surface area (Å²) in [5, 5.41) is 5.55. The van der Waals surface area contributed by atoms with Crippen molar-refractivity contribution in [2.45, 2.75) is 18.9 Å². The predicted molar refractivity (Wildman–Crippen MR) is 69.0 cm³/mol. The molecule has 2 N–H and O–H groups in total. The van der Waals surface area contributed by atoms with Gasteiger partial charge in [0.1, 0.15) is 5.75 Å². The molecule has 1 aliphatic rings. The van der Waals surface area contributed by atoms with E-state index in [0.29, 0.717) is 18.0 Å². The number of hydrogen-bond donors (Lipinski definition) is 2. The third kappa shape index (κ3) is 3.63. The maximum Gasteiger partial charge on any atom is 0.319 e. The Hall–Kier alpha value is -1.75. The van der Waals surface area contributed by atoms with Crippen molar-refractivity contribution in [1.29, 1.82) is 0 Å². The lowest BCUT2D eigenvalue weighted by Gasteiger charge is -2.12. The maximum absolute atomic E-state index is 11.7. The lowest BCUT2D eigenvalue weighted by atomic mass is 10.2. The monoisotopic (exact) mass is 250 g/mol. The zero-order chi connectivity index (χ0) is 12.8. The smallest absolute Gasteiger partial charge is 0.319 e. The van der Waals surface area contributed by atoms with Crippen molar-refractivity contribution < 1.29 is 14.3 Å². The van der Waals surface area contributed by atoms with E-state index in [0.717, 1.165) is 19.4 Å². The van der Waals surface area contributed by atoms with Crippen LogP contribution in [0.1, 0.15) is 12.8 Å². The fraction of sp³-hybridized carbons (Fsp3) is 0.462. The molecule has 0 unspecified atom stereocenters. The minimum atomic E-state index is -0.223. The van der Waals surface area contributed by atoms with Crippen LogP contribution in [0.25, 0.3) is 0 Å². The Morgan fingerprint density at radius 2 is 2.44 bits per heavy atom. The molecule has 0 saturated carbocycles. The normalized spacial score (nSPS) is 18.4. The fourth-order valence-electron chi connectivity index (χ4n) is 1.89. The standard InChI is InChI=1S/C13H18N2O3/c1-17-11-5-2-4-10(8-11)15-13(16)14-9-12-6-3-7-18-12/h2,4-5,8,12H,3,6-7,9H2,1H3,(H2,14,15,16)/t12-/m1/s1. The summed E-state index contributed by atoms with van der Waals surface area (Å²) in [5.74, 6) is 0.715. The third-order valence-corrected chi connectivity index (χ3v) is 2.84. The molecule has 0 aromatic heterocycles. The van der Waals surface area contributed by atoms with Crippen LogP contribution in [-0.2, 0) is 4.74 Å². The molecule has 2 amide bonds. The number of carbonyl (C=O) groups is 1. The second-order valence-electron chi connectivity index (χ2n) is 4.20. The first kappa shape index (κ1) is 12.7. The third-order valence-electron chi connectivity index (χ3n) is 2.84. The summed E-state index contributed by atoms with van der Waals surface area (Å²) >= 11 is 0. The number of anilines is 1. The lowest BCUT2D eigenvalue weighted by Crippen LogP contribution is -2.35. The van der Waals surface area contributed by atoms with Crippen molar-refractivity contribution in [2.24, 2.45) is 0 Å².